The zero-order chi connectivity index (χ0) is 110. The van der Waals surface area contributed by atoms with Gasteiger partial charge in [-0.25, -0.2) is 9.59 Å². The lowest BCUT2D eigenvalue weighted by molar-refractivity contribution is -0.422. The number of aliphatic carboxylic acids is 2. The number of rotatable bonds is 40. The van der Waals surface area contributed by atoms with Crippen LogP contribution in [0.2, 0.25) is 0 Å². The highest BCUT2D eigenvalue weighted by atomic mass is 16.8. The smallest absolute Gasteiger partial charge is 0.367 e. The summed E-state index contributed by atoms with van der Waals surface area (Å²) in [4.78, 5) is 40.1. The molecule has 149 heavy (non-hydrogen) atoms. The van der Waals surface area contributed by atoms with Gasteiger partial charge in [0.2, 0.25) is 5.91 Å². The van der Waals surface area contributed by atoms with E-state index >= 15 is 0 Å². The van der Waals surface area contributed by atoms with Gasteiger partial charge in [-0.05, 0) is 13.8 Å². The Morgan fingerprint density at radius 2 is 0.718 bits per heavy atom. The van der Waals surface area contributed by atoms with Crippen molar-refractivity contribution in [3.63, 3.8) is 0 Å². The maximum Gasteiger partial charge on any atom is 0.367 e. The fourth-order valence-electron chi connectivity index (χ4n) is 18.9. The minimum atomic E-state index is -4.16. The van der Waals surface area contributed by atoms with Crippen LogP contribution in [0, 0.1) is 0 Å². The maximum atomic E-state index is 14.0. The predicted molar refractivity (Wildman–Crippen MR) is 447 cm³/mol. The van der Waals surface area contributed by atoms with E-state index in [0.717, 1.165) is 6.92 Å². The fourth-order valence-corrected chi connectivity index (χ4v) is 18.9. The van der Waals surface area contributed by atoms with E-state index in [1.54, 1.807) is 0 Å². The highest BCUT2D eigenvalue weighted by Gasteiger charge is 2.68. The molecule has 12 heterocycles. The number of nitrogens with one attached hydrogen (secondary N) is 1. The lowest BCUT2D eigenvalue weighted by atomic mass is 9.88. The second-order valence-electron chi connectivity index (χ2n) is 38.1. The maximum absolute atomic E-state index is 14.0. The largest absolute Gasteiger partial charge is 0.477 e. The van der Waals surface area contributed by atoms with Gasteiger partial charge in [-0.15, -0.1) is 0 Å². The summed E-state index contributed by atoms with van der Waals surface area (Å²) in [5.74, 6) is -14.1. The first-order valence-electron chi connectivity index (χ1n) is 47.0. The first-order chi connectivity index (χ1) is 70.0. The average Bonchev–Trinajstić information content (AvgIpc) is 0.733. The number of amides is 1. The van der Waals surface area contributed by atoms with Crippen molar-refractivity contribution in [2.24, 2.45) is 5.73 Å². The summed E-state index contributed by atoms with van der Waals surface area (Å²) in [7, 11) is 0. The Bertz CT molecular complexity index is 4150. The van der Waals surface area contributed by atoms with Crippen molar-refractivity contribution in [1.29, 1.82) is 0 Å². The van der Waals surface area contributed by atoms with Gasteiger partial charge in [0.05, 0.1) is 90.4 Å². The van der Waals surface area contributed by atoms with Crippen molar-refractivity contribution < 1.29 is 328 Å². The van der Waals surface area contributed by atoms with E-state index in [1.807, 2.05) is 0 Å². The fraction of sp³-hybridized carbons (Fsp3) is 0.963. The van der Waals surface area contributed by atoms with Crippen molar-refractivity contribution in [2.75, 3.05) is 66.1 Å². The molecule has 12 saturated heterocycles. The SMILES string of the molecule is CC(=O)N[C@H]1[C@H](OC[C@H](O)[C@H]2O[C@H](O[C@H]3[C@@H](O[C@@H]4[C@H](O)[C@@H](O[C@@H]5[C@H](O)[C@@H](O[C@H]6[C@@H]([C@H](O)CO)O[C@@](O)(C(=O)O)C[C@H]6O[C@@]6(C(=O)O)O[C@H]([C@H](O)CO[C@H]7OC[C@H](N)[C@H](O)[C@H]7O)[C@H](O)[C@H](O)[C@@H]6O)O[C@H]([C@@H](O)CO)[C@H]5O[C@@H]5O[C@H](CO)[C@@H](O)[C@H](O)[C@H]5O)O[C@H]([C@@H](O)CO[C@H]5O[C@H]([C@@H](O)CO)[C@@H](O)[C@H](O)[C@@H]5O)[C@H]4O)O[C@H](CO[C@H]4O[C@H](CO)[C@@H](O)[C@H](O)[C@H]4O)[C@H](O)[C@@H]3O)[C@@H](O)[C@@H](O)[C@@H]2O)O[C@H](C)[C@@H](O)[C@@H]1O[C@@H]1O[C@@H](C)[C@H](O)[C@@H](O)[C@H]1O. The number of aliphatic hydroxyl groups excluding tert-OH is 37. The molecule has 0 radical (unpaired) electrons. The molecule has 12 aliphatic rings. The zero-order valence-electron chi connectivity index (χ0n) is 78.7. The standard InChI is InChI=1S/C81H136N2O66/c1-15-30(96)36(102)49(115)72(133-15)142-62-29(83-17(3)89)68(132-16(2)31(62)97)128-11-22(93)56-43(109)40(106)51(117)74(138-56)145-65-41(107)35(101)28(14-131-70-47(113)37(103)33(99)26(8-87)134-70)136-77(65)143-63-52(118)57(23(94)12-130-71-48(114)39(105)42(108)55(137-71)19(90)5-84)139-75(53(63)119)144-64-54(120)76(140-59(20(91)6-85)66(64)146-73-50(116)38(104)34(100)27(9-88)135-73)141-61-25(4-80(126,78(122)123)148-60(61)21(92)7-86)147-81(79(124)125)67(121)45(111)44(110)58(149-81)24(95)13-129-69-46(112)32(98)18(82)10-127-69/h15-16,18-77,84-88,90-121,126H,4-14,82H2,1-3H3,(H,83,89)(H,122,123)(H,124,125)/t15-,16+,18-,19-,20-,21+,22-,23-,24+,25+,26+,27+,28+,29+,30-,31+,32-,33+,34+,35-,36+,37-,38-,39-,40-,41-,42-,43-,44+,45-,46+,47+,48-,49+,50+,51-,52+,53-,54-,55+,56+,57+,58+,59+,60+,61+,62+,63-,64+,65+,66+,67-,68+,69+,70-,71-,72-,73-,74+,75+,76+,77+,80+,81+/m0/s1. The van der Waals surface area contributed by atoms with Crippen LogP contribution in [0.5, 0.6) is 0 Å². The molecule has 1 amide bonds. The van der Waals surface area contributed by atoms with Crippen LogP contribution in [0.15, 0.2) is 0 Å². The molecule has 0 saturated carbocycles. The summed E-state index contributed by atoms with van der Waals surface area (Å²) < 4.78 is 134. The number of carboxylic acid groups (broad SMARTS) is 2. The second-order valence-corrected chi connectivity index (χ2v) is 38.1. The number of carbonyl (C=O) groups is 3. The summed E-state index contributed by atoms with van der Waals surface area (Å²) in [5, 5.41) is 456. The van der Waals surface area contributed by atoms with Crippen LogP contribution >= 0.6 is 0 Å². The van der Waals surface area contributed by atoms with E-state index in [9.17, 15) is 219 Å². The Labute approximate surface area is 839 Å². The van der Waals surface area contributed by atoms with Gasteiger partial charge in [0.1, 0.15) is 293 Å². The number of carbonyl (C=O) groups excluding carboxylic acids is 1. The molecule has 68 nitrogen and oxygen atoms in total. The Balaban J connectivity index is 0.937. The van der Waals surface area contributed by atoms with E-state index in [-0.39, 0.29) is 0 Å². The zero-order valence-corrected chi connectivity index (χ0v) is 78.7. The van der Waals surface area contributed by atoms with Crippen molar-refractivity contribution in [3.8, 4) is 0 Å². The summed E-state index contributed by atoms with van der Waals surface area (Å²) in [6, 6.07) is -2.93. The Kier molecular flexibility index (Phi) is 43.0. The van der Waals surface area contributed by atoms with Crippen LogP contribution in [0.4, 0.5) is 0 Å². The first-order valence-corrected chi connectivity index (χ1v) is 47.0. The third-order valence-corrected chi connectivity index (χ3v) is 27.7. The van der Waals surface area contributed by atoms with Gasteiger partial charge in [-0.1, -0.05) is 0 Å². The lowest BCUT2D eigenvalue weighted by Gasteiger charge is -2.53. The van der Waals surface area contributed by atoms with E-state index in [2.05, 4.69) is 5.32 Å². The molecule has 0 bridgehead atoms. The monoisotopic (exact) mass is 2190 g/mol. The van der Waals surface area contributed by atoms with Crippen molar-refractivity contribution in [3.05, 3.63) is 0 Å². The number of aliphatic hydroxyl groups is 38. The third-order valence-electron chi connectivity index (χ3n) is 27.7. The molecule has 0 unspecified atom stereocenters. The van der Waals surface area contributed by atoms with Gasteiger partial charge < -0.3 is 324 Å². The van der Waals surface area contributed by atoms with Crippen molar-refractivity contribution in [1.82, 2.24) is 5.32 Å². The van der Waals surface area contributed by atoms with Gasteiger partial charge in [-0.3, -0.25) is 4.79 Å². The molecule has 43 N–H and O–H groups in total. The van der Waals surface area contributed by atoms with Crippen LogP contribution in [0.3, 0.4) is 0 Å². The molecule has 0 aromatic rings. The molecule has 0 spiro atoms. The molecular formula is C81H136N2O66. The number of ether oxygens (including phenoxy) is 23. The van der Waals surface area contributed by atoms with Crippen LogP contribution in [0.1, 0.15) is 27.2 Å². The second kappa shape index (κ2) is 51.9. The minimum absolute atomic E-state index is 0.512. The minimum Gasteiger partial charge on any atom is -0.477 e. The van der Waals surface area contributed by atoms with Crippen LogP contribution < -0.4 is 11.1 Å². The van der Waals surface area contributed by atoms with Crippen LogP contribution in [-0.2, 0) is 123 Å². The molecule has 12 aliphatic heterocycles. The predicted octanol–water partition coefficient (Wildman–Crippen LogP) is -28.2. The van der Waals surface area contributed by atoms with Gasteiger partial charge >= 0.3 is 11.9 Å². The molecule has 0 aromatic heterocycles. The lowest BCUT2D eigenvalue weighted by Crippen LogP contribution is -2.73. The Morgan fingerprint density at radius 1 is 0.336 bits per heavy atom. The molecule has 64 atom stereocenters. The normalized spacial score (nSPS) is 50.5. The van der Waals surface area contributed by atoms with E-state index in [1.165, 1.54) is 13.8 Å². The third kappa shape index (κ3) is 26.2. The van der Waals surface area contributed by atoms with Gasteiger partial charge in [0, 0.05) is 13.3 Å². The molecule has 0 aliphatic carbocycles. The highest BCUT2D eigenvalue weighted by Crippen LogP contribution is 2.46. The summed E-state index contributed by atoms with van der Waals surface area (Å²) >= 11 is 0. The van der Waals surface area contributed by atoms with Crippen molar-refractivity contribution in [2.45, 2.75) is 419 Å². The van der Waals surface area contributed by atoms with E-state index < -0.39 is 482 Å². The van der Waals surface area contributed by atoms with Gasteiger partial charge in [-0.2, -0.15) is 0 Å². The van der Waals surface area contributed by atoms with Crippen LogP contribution in [-0.4, -0.2) is 680 Å². The molecule has 866 valence electrons. The number of nitrogens with two attached hydrogens (primary N) is 1. The molecule has 12 fully saturated rings. The number of carboxylic acids is 2. The van der Waals surface area contributed by atoms with E-state index in [4.69, 9.17) is 115 Å². The van der Waals surface area contributed by atoms with Gasteiger partial charge in [0.15, 0.2) is 62.9 Å². The topological polar surface area (TPSA) is 1110 Å². The molecule has 0 aromatic carbocycles. The molecule has 68 heteroatoms. The Morgan fingerprint density at radius 3 is 1.26 bits per heavy atom. The number of hydrogen-bond donors (Lipinski definition) is 42. The van der Waals surface area contributed by atoms with Gasteiger partial charge in [0.25, 0.3) is 11.6 Å². The van der Waals surface area contributed by atoms with Crippen molar-refractivity contribution >= 4 is 17.8 Å². The number of hydrogen-bond acceptors (Lipinski definition) is 65. The average molecular weight is 2190 g/mol. The quantitative estimate of drug-likeness (QED) is 0.0271. The van der Waals surface area contributed by atoms with Crippen LogP contribution in [0.25, 0.3) is 0 Å². The summed E-state index contributed by atoms with van der Waals surface area (Å²) in [5.41, 5.74) is 5.73. The summed E-state index contributed by atoms with van der Waals surface area (Å²) in [6.45, 7) is -9.24. The molecule has 12 rings (SSSR count). The summed E-state index contributed by atoms with van der Waals surface area (Å²) in [6.07, 6.45) is -149. The first kappa shape index (κ1) is 123. The van der Waals surface area contributed by atoms with E-state index in [0.29, 0.717) is 0 Å². The Hall–Kier alpha value is -4.07. The molecular weight excluding hydrogens is 2060 g/mol. The highest BCUT2D eigenvalue weighted by molar-refractivity contribution is 5.77.